The summed E-state index contributed by atoms with van der Waals surface area (Å²) in [5, 5.41) is 6.29. The zero-order valence-corrected chi connectivity index (χ0v) is 21.1. The molecule has 1 aromatic heterocycles. The van der Waals surface area contributed by atoms with Crippen molar-refractivity contribution < 1.29 is 19.1 Å². The topological polar surface area (TPSA) is 102 Å². The molecule has 9 heteroatoms. The Kier molecular flexibility index (Phi) is 7.64. The monoisotopic (exact) mass is 484 g/mol. The molecule has 0 saturated carbocycles. The number of aromatic nitrogens is 1. The first-order chi connectivity index (χ1) is 16.9. The first-order valence-electron chi connectivity index (χ1n) is 12.7. The van der Waals surface area contributed by atoms with Crippen molar-refractivity contribution in [3.05, 3.63) is 34.1 Å². The molecule has 2 aliphatic heterocycles. The van der Waals surface area contributed by atoms with E-state index in [1.165, 1.54) is 0 Å². The highest BCUT2D eigenvalue weighted by molar-refractivity contribution is 6.00. The Morgan fingerprint density at radius 1 is 1.14 bits per heavy atom. The third-order valence-electron chi connectivity index (χ3n) is 7.36. The van der Waals surface area contributed by atoms with Gasteiger partial charge in [0.25, 0.3) is 5.91 Å². The number of hydrogen-bond acceptors (Lipinski definition) is 6. The molecule has 190 valence electrons. The summed E-state index contributed by atoms with van der Waals surface area (Å²) < 4.78 is 12.7. The molecule has 2 amide bonds. The molecule has 2 N–H and O–H groups in total. The van der Waals surface area contributed by atoms with E-state index in [0.717, 1.165) is 25.9 Å². The molecular weight excluding hydrogens is 448 g/mol. The number of ether oxygens (including phenoxy) is 2. The van der Waals surface area contributed by atoms with Gasteiger partial charge in [0.05, 0.1) is 10.9 Å². The van der Waals surface area contributed by atoms with E-state index in [9.17, 15) is 14.4 Å². The molecule has 0 radical (unpaired) electrons. The molecule has 0 unspecified atom stereocenters. The normalized spacial score (nSPS) is 19.0. The van der Waals surface area contributed by atoms with Crippen LogP contribution in [0.1, 0.15) is 57.3 Å². The van der Waals surface area contributed by atoms with Gasteiger partial charge in [-0.15, -0.1) is 0 Å². The second-order valence-electron chi connectivity index (χ2n) is 9.39. The molecule has 3 atom stereocenters. The lowest BCUT2D eigenvalue weighted by atomic mass is 9.97. The van der Waals surface area contributed by atoms with Crippen LogP contribution in [0.15, 0.2) is 23.1 Å². The summed E-state index contributed by atoms with van der Waals surface area (Å²) in [6.07, 6.45) is 4.46. The molecule has 4 rings (SSSR count). The second kappa shape index (κ2) is 10.7. The average molecular weight is 485 g/mol. The largest absolute Gasteiger partial charge is 0.454 e. The predicted molar refractivity (Wildman–Crippen MR) is 134 cm³/mol. The van der Waals surface area contributed by atoms with E-state index in [-0.39, 0.29) is 24.2 Å². The standard InChI is InChI=1S/C26H36N4O5/c1-5-16(4)23(26(33)27-13-17-9-8-10-29(17)6-2)28-25(32)19-14-30(7-3)20-12-22-21(34-15-35-22)11-18(20)24(19)31/h11-12,14,16-17,23H,5-10,13,15H2,1-4H3,(H,27,33)(H,28,32)/t16-,17+,23-/m0/s1. The van der Waals surface area contributed by atoms with E-state index in [4.69, 9.17) is 9.47 Å². The third-order valence-corrected chi connectivity index (χ3v) is 7.36. The highest BCUT2D eigenvalue weighted by Crippen LogP contribution is 2.35. The second-order valence-corrected chi connectivity index (χ2v) is 9.39. The maximum absolute atomic E-state index is 13.3. The van der Waals surface area contributed by atoms with Crippen LogP contribution in [0.2, 0.25) is 0 Å². The number of likely N-dealkylation sites (N-methyl/N-ethyl adjacent to an activating group) is 1. The number of carbonyl (C=O) groups is 2. The van der Waals surface area contributed by atoms with Crippen molar-refractivity contribution in [1.82, 2.24) is 20.1 Å². The number of nitrogens with one attached hydrogen (secondary N) is 2. The van der Waals surface area contributed by atoms with Gasteiger partial charge in [0.2, 0.25) is 18.1 Å². The SMILES string of the molecule is CC[C@H](C)[C@H](NC(=O)c1cn(CC)c2cc3c(cc2c1=O)OCO3)C(=O)NC[C@H]1CCCN1CC. The number of hydrogen-bond donors (Lipinski definition) is 2. The van der Waals surface area contributed by atoms with Crippen LogP contribution in [0.25, 0.3) is 10.9 Å². The number of nitrogens with zero attached hydrogens (tertiary/aromatic N) is 2. The van der Waals surface area contributed by atoms with E-state index >= 15 is 0 Å². The predicted octanol–water partition coefficient (Wildman–Crippen LogP) is 2.50. The van der Waals surface area contributed by atoms with Crippen molar-refractivity contribution in [3.63, 3.8) is 0 Å². The molecular formula is C26H36N4O5. The molecule has 3 heterocycles. The van der Waals surface area contributed by atoms with Gasteiger partial charge in [0, 0.05) is 31.4 Å². The summed E-state index contributed by atoms with van der Waals surface area (Å²) in [5.74, 6) is 0.213. The molecule has 0 spiro atoms. The van der Waals surface area contributed by atoms with Crippen molar-refractivity contribution in [1.29, 1.82) is 0 Å². The number of fused-ring (bicyclic) bond motifs is 2. The highest BCUT2D eigenvalue weighted by atomic mass is 16.7. The fourth-order valence-corrected chi connectivity index (χ4v) is 5.00. The van der Waals surface area contributed by atoms with Gasteiger partial charge < -0.3 is 24.7 Å². The van der Waals surface area contributed by atoms with Crippen LogP contribution < -0.4 is 25.5 Å². The number of aryl methyl sites for hydroxylation is 1. The van der Waals surface area contributed by atoms with E-state index < -0.39 is 17.4 Å². The molecule has 1 fully saturated rings. The van der Waals surface area contributed by atoms with Crippen molar-refractivity contribution in [2.75, 3.05) is 26.4 Å². The quantitative estimate of drug-likeness (QED) is 0.567. The van der Waals surface area contributed by atoms with Gasteiger partial charge in [-0.2, -0.15) is 0 Å². The van der Waals surface area contributed by atoms with Gasteiger partial charge in [-0.25, -0.2) is 0 Å². The first kappa shape index (κ1) is 25.0. The third kappa shape index (κ3) is 5.00. The van der Waals surface area contributed by atoms with Crippen LogP contribution in [-0.2, 0) is 11.3 Å². The van der Waals surface area contributed by atoms with Crippen LogP contribution in [0.5, 0.6) is 11.5 Å². The Hall–Kier alpha value is -3.07. The summed E-state index contributed by atoms with van der Waals surface area (Å²) in [7, 11) is 0. The van der Waals surface area contributed by atoms with Gasteiger partial charge in [-0.3, -0.25) is 19.3 Å². The van der Waals surface area contributed by atoms with Crippen LogP contribution in [-0.4, -0.2) is 59.8 Å². The molecule has 1 aromatic carbocycles. The summed E-state index contributed by atoms with van der Waals surface area (Å²) in [6, 6.07) is 2.99. The number of benzene rings is 1. The minimum Gasteiger partial charge on any atom is -0.454 e. The number of likely N-dealkylation sites (tertiary alicyclic amines) is 1. The van der Waals surface area contributed by atoms with Crippen LogP contribution >= 0.6 is 0 Å². The lowest BCUT2D eigenvalue weighted by Crippen LogP contribution is -2.52. The molecule has 2 aromatic rings. The summed E-state index contributed by atoms with van der Waals surface area (Å²) in [5.41, 5.74) is 0.284. The van der Waals surface area contributed by atoms with Crippen molar-refractivity contribution in [2.24, 2.45) is 5.92 Å². The van der Waals surface area contributed by atoms with E-state index in [1.54, 1.807) is 18.3 Å². The smallest absolute Gasteiger partial charge is 0.257 e. The lowest BCUT2D eigenvalue weighted by Gasteiger charge is -2.27. The fourth-order valence-electron chi connectivity index (χ4n) is 5.00. The molecule has 0 bridgehead atoms. The van der Waals surface area contributed by atoms with Gasteiger partial charge in [-0.1, -0.05) is 27.2 Å². The molecule has 9 nitrogen and oxygen atoms in total. The number of amides is 2. The zero-order chi connectivity index (χ0) is 25.1. The summed E-state index contributed by atoms with van der Waals surface area (Å²) in [4.78, 5) is 42.2. The minimum absolute atomic E-state index is 0.00673. The molecule has 1 saturated heterocycles. The molecule has 2 aliphatic rings. The number of pyridine rings is 1. The Balaban J connectivity index is 1.57. The molecule has 35 heavy (non-hydrogen) atoms. The zero-order valence-electron chi connectivity index (χ0n) is 21.1. The van der Waals surface area contributed by atoms with E-state index in [2.05, 4.69) is 22.5 Å². The Bertz CT molecular complexity index is 1160. The summed E-state index contributed by atoms with van der Waals surface area (Å²) >= 11 is 0. The molecule has 0 aliphatic carbocycles. The first-order valence-corrected chi connectivity index (χ1v) is 12.7. The van der Waals surface area contributed by atoms with Gasteiger partial charge in [-0.05, 0) is 44.8 Å². The number of carbonyl (C=O) groups excluding carboxylic acids is 2. The Labute approximate surface area is 205 Å². The van der Waals surface area contributed by atoms with Crippen LogP contribution in [0.4, 0.5) is 0 Å². The van der Waals surface area contributed by atoms with Crippen LogP contribution in [0.3, 0.4) is 0 Å². The van der Waals surface area contributed by atoms with Gasteiger partial charge in [0.15, 0.2) is 11.5 Å². The maximum Gasteiger partial charge on any atom is 0.257 e. The van der Waals surface area contributed by atoms with Crippen LogP contribution in [0, 0.1) is 5.92 Å². The fraction of sp³-hybridized carbons (Fsp3) is 0.577. The summed E-state index contributed by atoms with van der Waals surface area (Å²) in [6.45, 7) is 11.2. The van der Waals surface area contributed by atoms with Crippen molar-refractivity contribution >= 4 is 22.7 Å². The Morgan fingerprint density at radius 2 is 1.89 bits per heavy atom. The maximum atomic E-state index is 13.3. The number of rotatable bonds is 9. The van der Waals surface area contributed by atoms with Gasteiger partial charge in [0.1, 0.15) is 11.6 Å². The minimum atomic E-state index is -0.731. The highest BCUT2D eigenvalue weighted by Gasteiger charge is 2.30. The van der Waals surface area contributed by atoms with E-state index in [1.807, 2.05) is 25.3 Å². The Morgan fingerprint density at radius 3 is 2.57 bits per heavy atom. The van der Waals surface area contributed by atoms with E-state index in [0.29, 0.717) is 48.0 Å². The van der Waals surface area contributed by atoms with Crippen molar-refractivity contribution in [2.45, 2.75) is 65.6 Å². The lowest BCUT2D eigenvalue weighted by molar-refractivity contribution is -0.124. The average Bonchev–Trinajstić information content (AvgIpc) is 3.53. The van der Waals surface area contributed by atoms with Crippen molar-refractivity contribution in [3.8, 4) is 11.5 Å². The van der Waals surface area contributed by atoms with Gasteiger partial charge >= 0.3 is 0 Å².